The first kappa shape index (κ1) is 15.4. The topological polar surface area (TPSA) is 67.0 Å². The van der Waals surface area contributed by atoms with Gasteiger partial charge in [0.25, 0.3) is 5.91 Å². The van der Waals surface area contributed by atoms with Crippen LogP contribution < -0.4 is 10.1 Å². The fourth-order valence-corrected chi connectivity index (χ4v) is 2.67. The molecule has 25 heavy (non-hydrogen) atoms. The number of hydrogen-bond donors (Lipinski definition) is 2. The van der Waals surface area contributed by atoms with Gasteiger partial charge in [-0.25, -0.2) is 0 Å². The second-order valence-electron chi connectivity index (χ2n) is 6.38. The molecule has 5 heteroatoms. The number of H-pyrrole nitrogens is 1. The molecule has 5 nitrogen and oxygen atoms in total. The van der Waals surface area contributed by atoms with Gasteiger partial charge in [0.1, 0.15) is 11.5 Å². The molecule has 126 valence electrons. The molecule has 0 atom stereocenters. The molecular weight excluding hydrogens is 314 g/mol. The molecule has 0 radical (unpaired) electrons. The van der Waals surface area contributed by atoms with Crippen LogP contribution in [0.2, 0.25) is 0 Å². The Labute approximate surface area is 146 Å². The molecule has 1 aliphatic rings. The standard InChI is InChI=1S/C20H19N3O2/c1-13-3-2-4-17(11-13)25-16-9-7-15(8-10-16)21-20(24)19-12-18(22-23-19)14-5-6-14/h2-4,7-12,14H,5-6H2,1H3,(H,21,24)(H,22,23). The quantitative estimate of drug-likeness (QED) is 0.715. The van der Waals surface area contributed by atoms with Crippen LogP contribution in [-0.4, -0.2) is 16.1 Å². The third-order valence-electron chi connectivity index (χ3n) is 4.18. The van der Waals surface area contributed by atoms with E-state index in [1.165, 1.54) is 12.8 Å². The number of carbonyl (C=O) groups is 1. The van der Waals surface area contributed by atoms with E-state index in [1.54, 1.807) is 0 Å². The molecule has 2 N–H and O–H groups in total. The van der Waals surface area contributed by atoms with E-state index < -0.39 is 0 Å². The molecule has 0 unspecified atom stereocenters. The van der Waals surface area contributed by atoms with E-state index in [2.05, 4.69) is 15.5 Å². The molecule has 3 aromatic rings. The highest BCUT2D eigenvalue weighted by molar-refractivity contribution is 6.02. The number of benzene rings is 2. The monoisotopic (exact) mass is 333 g/mol. The zero-order valence-corrected chi connectivity index (χ0v) is 14.0. The lowest BCUT2D eigenvalue weighted by Gasteiger charge is -2.08. The molecule has 0 spiro atoms. The molecule has 2 aromatic carbocycles. The molecule has 1 aromatic heterocycles. The van der Waals surface area contributed by atoms with Crippen molar-refractivity contribution in [2.24, 2.45) is 0 Å². The van der Waals surface area contributed by atoms with Gasteiger partial charge in [-0.05, 0) is 67.8 Å². The maximum atomic E-state index is 12.3. The molecule has 0 saturated heterocycles. The summed E-state index contributed by atoms with van der Waals surface area (Å²) in [4.78, 5) is 12.3. The Balaban J connectivity index is 1.40. The van der Waals surface area contributed by atoms with Crippen molar-refractivity contribution in [3.63, 3.8) is 0 Å². The molecule has 0 aliphatic heterocycles. The van der Waals surface area contributed by atoms with Crippen LogP contribution in [0.1, 0.15) is 40.5 Å². The Bertz CT molecular complexity index is 895. The Morgan fingerprint density at radius 2 is 1.92 bits per heavy atom. The summed E-state index contributed by atoms with van der Waals surface area (Å²) in [6, 6.07) is 17.0. The van der Waals surface area contributed by atoms with Crippen molar-refractivity contribution < 1.29 is 9.53 Å². The van der Waals surface area contributed by atoms with Gasteiger partial charge in [0, 0.05) is 17.3 Å². The first-order valence-electron chi connectivity index (χ1n) is 8.38. The van der Waals surface area contributed by atoms with Crippen molar-refractivity contribution in [1.29, 1.82) is 0 Å². The first-order chi connectivity index (χ1) is 12.2. The van der Waals surface area contributed by atoms with Gasteiger partial charge in [0.2, 0.25) is 0 Å². The molecule has 1 fully saturated rings. The summed E-state index contributed by atoms with van der Waals surface area (Å²) in [5, 5.41) is 9.89. The zero-order valence-electron chi connectivity index (χ0n) is 14.0. The Kier molecular flexibility index (Phi) is 3.98. The SMILES string of the molecule is Cc1cccc(Oc2ccc(NC(=O)c3cc(C4CC4)[nH]n3)cc2)c1. The molecule has 1 amide bonds. The van der Waals surface area contributed by atoms with Crippen LogP contribution in [0.15, 0.2) is 54.6 Å². The second-order valence-corrected chi connectivity index (χ2v) is 6.38. The number of rotatable bonds is 5. The average Bonchev–Trinajstić information content (AvgIpc) is 3.33. The summed E-state index contributed by atoms with van der Waals surface area (Å²) in [5.74, 6) is 1.85. The smallest absolute Gasteiger partial charge is 0.276 e. The van der Waals surface area contributed by atoms with Crippen molar-refractivity contribution in [1.82, 2.24) is 10.2 Å². The van der Waals surface area contributed by atoms with E-state index in [-0.39, 0.29) is 5.91 Å². The van der Waals surface area contributed by atoms with E-state index in [0.29, 0.717) is 17.3 Å². The van der Waals surface area contributed by atoms with Gasteiger partial charge >= 0.3 is 0 Å². The summed E-state index contributed by atoms with van der Waals surface area (Å²) in [5.41, 5.74) is 3.32. The number of hydrogen-bond acceptors (Lipinski definition) is 3. The van der Waals surface area contributed by atoms with E-state index in [4.69, 9.17) is 4.74 Å². The Hall–Kier alpha value is -3.08. The fourth-order valence-electron chi connectivity index (χ4n) is 2.67. The van der Waals surface area contributed by atoms with Crippen LogP contribution in [0.3, 0.4) is 0 Å². The molecule has 1 saturated carbocycles. The van der Waals surface area contributed by atoms with Crippen molar-refractivity contribution in [2.75, 3.05) is 5.32 Å². The van der Waals surface area contributed by atoms with Crippen LogP contribution in [0.4, 0.5) is 5.69 Å². The zero-order chi connectivity index (χ0) is 17.2. The van der Waals surface area contributed by atoms with E-state index in [0.717, 1.165) is 22.8 Å². The van der Waals surface area contributed by atoms with Gasteiger partial charge in [-0.2, -0.15) is 5.10 Å². The molecule has 4 rings (SSSR count). The maximum absolute atomic E-state index is 12.3. The van der Waals surface area contributed by atoms with Crippen LogP contribution in [0, 0.1) is 6.92 Å². The average molecular weight is 333 g/mol. The second kappa shape index (κ2) is 6.43. The van der Waals surface area contributed by atoms with E-state index >= 15 is 0 Å². The molecule has 1 aliphatic carbocycles. The predicted octanol–water partition coefficient (Wildman–Crippen LogP) is 4.64. The molecule has 1 heterocycles. The number of aromatic amines is 1. The molecular formula is C20H19N3O2. The van der Waals surface area contributed by atoms with Crippen molar-refractivity contribution in [2.45, 2.75) is 25.7 Å². The highest BCUT2D eigenvalue weighted by Gasteiger charge is 2.26. The van der Waals surface area contributed by atoms with Gasteiger partial charge in [-0.1, -0.05) is 12.1 Å². The third kappa shape index (κ3) is 3.71. The van der Waals surface area contributed by atoms with Crippen LogP contribution in [-0.2, 0) is 0 Å². The van der Waals surface area contributed by atoms with Crippen molar-refractivity contribution in [3.8, 4) is 11.5 Å². The number of carbonyl (C=O) groups excluding carboxylic acids is 1. The van der Waals surface area contributed by atoms with Gasteiger partial charge in [-0.3, -0.25) is 9.89 Å². The highest BCUT2D eigenvalue weighted by Crippen LogP contribution is 2.39. The van der Waals surface area contributed by atoms with Crippen molar-refractivity contribution in [3.05, 3.63) is 71.5 Å². The maximum Gasteiger partial charge on any atom is 0.276 e. The number of amides is 1. The minimum Gasteiger partial charge on any atom is -0.457 e. The van der Waals surface area contributed by atoms with E-state index in [9.17, 15) is 4.79 Å². The minimum atomic E-state index is -0.212. The lowest BCUT2D eigenvalue weighted by atomic mass is 10.2. The number of aryl methyl sites for hydroxylation is 1. The summed E-state index contributed by atoms with van der Waals surface area (Å²) in [7, 11) is 0. The minimum absolute atomic E-state index is 0.212. The number of ether oxygens (including phenoxy) is 1. The normalized spacial score (nSPS) is 13.5. The fraction of sp³-hybridized carbons (Fsp3) is 0.200. The largest absolute Gasteiger partial charge is 0.457 e. The molecule has 0 bridgehead atoms. The predicted molar refractivity (Wildman–Crippen MR) is 96.2 cm³/mol. The summed E-state index contributed by atoms with van der Waals surface area (Å²) in [6.45, 7) is 2.02. The van der Waals surface area contributed by atoms with Gasteiger partial charge < -0.3 is 10.1 Å². The lowest BCUT2D eigenvalue weighted by Crippen LogP contribution is -2.12. The van der Waals surface area contributed by atoms with Crippen LogP contribution >= 0.6 is 0 Å². The summed E-state index contributed by atoms with van der Waals surface area (Å²) >= 11 is 0. The number of anilines is 1. The number of nitrogens with zero attached hydrogens (tertiary/aromatic N) is 1. The lowest BCUT2D eigenvalue weighted by molar-refractivity contribution is 0.102. The summed E-state index contributed by atoms with van der Waals surface area (Å²) < 4.78 is 5.81. The van der Waals surface area contributed by atoms with Gasteiger partial charge in [0.15, 0.2) is 5.69 Å². The van der Waals surface area contributed by atoms with Gasteiger partial charge in [-0.15, -0.1) is 0 Å². The van der Waals surface area contributed by atoms with Crippen molar-refractivity contribution >= 4 is 11.6 Å². The third-order valence-corrected chi connectivity index (χ3v) is 4.18. The van der Waals surface area contributed by atoms with Gasteiger partial charge in [0.05, 0.1) is 0 Å². The Morgan fingerprint density at radius 3 is 2.64 bits per heavy atom. The Morgan fingerprint density at radius 1 is 1.12 bits per heavy atom. The van der Waals surface area contributed by atoms with E-state index in [1.807, 2.05) is 61.5 Å². The van der Waals surface area contributed by atoms with Crippen LogP contribution in [0.25, 0.3) is 0 Å². The summed E-state index contributed by atoms with van der Waals surface area (Å²) in [6.07, 6.45) is 2.34. The number of nitrogens with one attached hydrogen (secondary N) is 2. The van der Waals surface area contributed by atoms with Crippen LogP contribution in [0.5, 0.6) is 11.5 Å². The number of aromatic nitrogens is 2. The highest BCUT2D eigenvalue weighted by atomic mass is 16.5. The first-order valence-corrected chi connectivity index (χ1v) is 8.38.